The fourth-order valence-electron chi connectivity index (χ4n) is 1.08. The minimum Gasteiger partial charge on any atom is -0.377 e. The highest BCUT2D eigenvalue weighted by Crippen LogP contribution is 2.04. The van der Waals surface area contributed by atoms with E-state index >= 15 is 0 Å². The van der Waals surface area contributed by atoms with Gasteiger partial charge >= 0.3 is 0 Å². The molecule has 6 nitrogen and oxygen atoms in total. The van der Waals surface area contributed by atoms with E-state index in [9.17, 15) is 9.59 Å². The van der Waals surface area contributed by atoms with Crippen LogP contribution in [-0.2, 0) is 19.1 Å². The Bertz CT molecular complexity index is 423. The molecule has 0 aliphatic rings. The third-order valence-corrected chi connectivity index (χ3v) is 2.66. The number of hydrogen-bond acceptors (Lipinski definition) is 4. The summed E-state index contributed by atoms with van der Waals surface area (Å²) in [5, 5.41) is 2.58. The van der Waals surface area contributed by atoms with Gasteiger partial charge in [0.2, 0.25) is 11.8 Å². The Morgan fingerprint density at radius 1 is 1.25 bits per heavy atom. The summed E-state index contributed by atoms with van der Waals surface area (Å²) in [6.45, 7) is 16.2. The Balaban J connectivity index is 0. The van der Waals surface area contributed by atoms with E-state index in [1.165, 1.54) is 0 Å². The van der Waals surface area contributed by atoms with Crippen molar-refractivity contribution in [3.8, 4) is 0 Å². The molecule has 6 heteroatoms. The molecular formula is C18H34N2O4. The molecule has 0 aromatic rings. The lowest BCUT2D eigenvalue weighted by atomic mass is 10.2. The van der Waals surface area contributed by atoms with Gasteiger partial charge in [0.15, 0.2) is 0 Å². The van der Waals surface area contributed by atoms with Crippen LogP contribution in [-0.4, -0.2) is 37.4 Å². The highest BCUT2D eigenvalue weighted by molar-refractivity contribution is 5.92. The Labute approximate surface area is 146 Å². The fourth-order valence-corrected chi connectivity index (χ4v) is 1.08. The highest BCUT2D eigenvalue weighted by Gasteiger charge is 2.10. The number of rotatable bonds is 9. The number of carbonyl (C=O) groups excluding carboxylic acids is 2. The molecule has 0 spiro atoms. The SMILES string of the molecule is C=C(C)C(=O)NCOC(C)(C)C.CCCCOCC=C(C)C(N)=O. The molecular weight excluding hydrogens is 308 g/mol. The molecule has 0 heterocycles. The quantitative estimate of drug-likeness (QED) is 0.383. The summed E-state index contributed by atoms with van der Waals surface area (Å²) in [6.07, 6.45) is 3.89. The van der Waals surface area contributed by atoms with Crippen LogP contribution in [0.3, 0.4) is 0 Å². The van der Waals surface area contributed by atoms with Gasteiger partial charge in [-0.25, -0.2) is 0 Å². The van der Waals surface area contributed by atoms with E-state index in [-0.39, 0.29) is 24.1 Å². The molecule has 0 saturated heterocycles. The summed E-state index contributed by atoms with van der Waals surface area (Å²) >= 11 is 0. The zero-order chi connectivity index (χ0) is 19.2. The summed E-state index contributed by atoms with van der Waals surface area (Å²) in [5.41, 5.74) is 5.85. The van der Waals surface area contributed by atoms with Gasteiger partial charge in [-0.05, 0) is 41.0 Å². The Hall–Kier alpha value is -1.66. The summed E-state index contributed by atoms with van der Waals surface area (Å²) in [6, 6.07) is 0. The first-order valence-corrected chi connectivity index (χ1v) is 8.13. The Kier molecular flexibility index (Phi) is 14.1. The standard InChI is InChI=1S/2C9H17NO2/c1-7(2)8(11)10-6-12-9(3,4)5;1-3-4-6-12-7-5-8(2)9(10)11/h1,6H2,2-5H3,(H,10,11);5H,3-4,6-7H2,1-2H3,(H2,10,11). The maximum absolute atomic E-state index is 10.9. The van der Waals surface area contributed by atoms with Gasteiger partial charge in [-0.3, -0.25) is 9.59 Å². The van der Waals surface area contributed by atoms with E-state index in [1.807, 2.05) is 20.8 Å². The number of hydrogen-bond donors (Lipinski definition) is 2. The fraction of sp³-hybridized carbons (Fsp3) is 0.667. The van der Waals surface area contributed by atoms with Gasteiger partial charge in [-0.2, -0.15) is 0 Å². The average Bonchev–Trinajstić information content (AvgIpc) is 2.45. The van der Waals surface area contributed by atoms with E-state index in [1.54, 1.807) is 19.9 Å². The van der Waals surface area contributed by atoms with E-state index in [4.69, 9.17) is 15.2 Å². The molecule has 0 atom stereocenters. The van der Waals surface area contributed by atoms with Crippen LogP contribution in [0.2, 0.25) is 0 Å². The van der Waals surface area contributed by atoms with Crippen molar-refractivity contribution in [2.45, 2.75) is 60.0 Å². The molecule has 0 bridgehead atoms. The van der Waals surface area contributed by atoms with E-state index in [0.29, 0.717) is 17.8 Å². The maximum Gasteiger partial charge on any atom is 0.248 e. The molecule has 0 aliphatic heterocycles. The van der Waals surface area contributed by atoms with Gasteiger partial charge in [0.1, 0.15) is 6.73 Å². The molecule has 0 rings (SSSR count). The van der Waals surface area contributed by atoms with Crippen molar-refractivity contribution in [3.63, 3.8) is 0 Å². The van der Waals surface area contributed by atoms with Crippen LogP contribution in [0.1, 0.15) is 54.4 Å². The van der Waals surface area contributed by atoms with Crippen LogP contribution >= 0.6 is 0 Å². The molecule has 0 saturated carbocycles. The molecule has 0 aromatic heterocycles. The van der Waals surface area contributed by atoms with Crippen LogP contribution in [0.5, 0.6) is 0 Å². The van der Waals surface area contributed by atoms with Crippen LogP contribution in [0.4, 0.5) is 0 Å². The first kappa shape index (κ1) is 24.6. The van der Waals surface area contributed by atoms with E-state index in [0.717, 1.165) is 19.4 Å². The lowest BCUT2D eigenvalue weighted by molar-refractivity contribution is -0.120. The zero-order valence-corrected chi connectivity index (χ0v) is 16.0. The van der Waals surface area contributed by atoms with Gasteiger partial charge in [0.05, 0.1) is 12.2 Å². The van der Waals surface area contributed by atoms with Gasteiger partial charge in [0.25, 0.3) is 0 Å². The van der Waals surface area contributed by atoms with Gasteiger partial charge in [-0.1, -0.05) is 26.0 Å². The smallest absolute Gasteiger partial charge is 0.248 e. The lowest BCUT2D eigenvalue weighted by Crippen LogP contribution is -2.31. The number of carbonyl (C=O) groups is 2. The number of primary amides is 1. The molecule has 140 valence electrons. The van der Waals surface area contributed by atoms with Crippen LogP contribution in [0, 0.1) is 0 Å². The minimum absolute atomic E-state index is 0.167. The predicted octanol–water partition coefficient (Wildman–Crippen LogP) is 2.69. The average molecular weight is 342 g/mol. The number of amides is 2. The lowest BCUT2D eigenvalue weighted by Gasteiger charge is -2.19. The van der Waals surface area contributed by atoms with Crippen LogP contribution in [0.15, 0.2) is 23.8 Å². The molecule has 0 unspecified atom stereocenters. The minimum atomic E-state index is -0.380. The topological polar surface area (TPSA) is 90.7 Å². The largest absolute Gasteiger partial charge is 0.377 e. The number of nitrogens with one attached hydrogen (secondary N) is 1. The summed E-state index contributed by atoms with van der Waals surface area (Å²) in [7, 11) is 0. The van der Waals surface area contributed by atoms with E-state index < -0.39 is 0 Å². The molecule has 0 fully saturated rings. The molecule has 2 amide bonds. The second-order valence-electron chi connectivity index (χ2n) is 6.37. The maximum atomic E-state index is 10.9. The molecule has 24 heavy (non-hydrogen) atoms. The van der Waals surface area contributed by atoms with Crippen molar-refractivity contribution in [3.05, 3.63) is 23.8 Å². The molecule has 0 aliphatic carbocycles. The number of ether oxygens (including phenoxy) is 2. The first-order chi connectivity index (χ1) is 11.0. The van der Waals surface area contributed by atoms with E-state index in [2.05, 4.69) is 18.8 Å². The van der Waals surface area contributed by atoms with Gasteiger partial charge < -0.3 is 20.5 Å². The Morgan fingerprint density at radius 2 is 1.83 bits per heavy atom. The third-order valence-electron chi connectivity index (χ3n) is 2.66. The van der Waals surface area contributed by atoms with Crippen molar-refractivity contribution in [1.29, 1.82) is 0 Å². The molecule has 0 radical (unpaired) electrons. The monoisotopic (exact) mass is 342 g/mol. The van der Waals surface area contributed by atoms with Crippen molar-refractivity contribution in [2.75, 3.05) is 19.9 Å². The third kappa shape index (κ3) is 18.4. The summed E-state index contributed by atoms with van der Waals surface area (Å²) in [4.78, 5) is 21.5. The number of unbranched alkanes of at least 4 members (excludes halogenated alkanes) is 1. The van der Waals surface area contributed by atoms with Crippen molar-refractivity contribution in [1.82, 2.24) is 5.32 Å². The van der Waals surface area contributed by atoms with Crippen molar-refractivity contribution < 1.29 is 19.1 Å². The van der Waals surface area contributed by atoms with Gasteiger partial charge in [-0.15, -0.1) is 0 Å². The molecule has 3 N–H and O–H groups in total. The van der Waals surface area contributed by atoms with Gasteiger partial charge in [0, 0.05) is 17.8 Å². The normalized spacial score (nSPS) is 11.3. The predicted molar refractivity (Wildman–Crippen MR) is 97.3 cm³/mol. The Morgan fingerprint density at radius 3 is 2.25 bits per heavy atom. The summed E-state index contributed by atoms with van der Waals surface area (Å²) in [5.74, 6) is -0.548. The first-order valence-electron chi connectivity index (χ1n) is 8.13. The molecule has 0 aromatic carbocycles. The van der Waals surface area contributed by atoms with Crippen molar-refractivity contribution in [2.24, 2.45) is 5.73 Å². The second-order valence-corrected chi connectivity index (χ2v) is 6.37. The van der Waals surface area contributed by atoms with Crippen molar-refractivity contribution >= 4 is 11.8 Å². The highest BCUT2D eigenvalue weighted by atomic mass is 16.5. The zero-order valence-electron chi connectivity index (χ0n) is 16.0. The van der Waals surface area contributed by atoms with Crippen LogP contribution < -0.4 is 11.1 Å². The summed E-state index contributed by atoms with van der Waals surface area (Å²) < 4.78 is 10.5. The van der Waals surface area contributed by atoms with Crippen LogP contribution in [0.25, 0.3) is 0 Å². The second kappa shape index (κ2) is 13.7. The number of nitrogens with two attached hydrogens (primary N) is 1.